The van der Waals surface area contributed by atoms with Gasteiger partial charge in [-0.2, -0.15) is 4.98 Å². The van der Waals surface area contributed by atoms with Crippen LogP contribution in [0.3, 0.4) is 0 Å². The van der Waals surface area contributed by atoms with E-state index in [1.54, 1.807) is 12.5 Å². The predicted molar refractivity (Wildman–Crippen MR) is 154 cm³/mol. The number of nitrogen functional groups attached to an aromatic ring is 1. The van der Waals surface area contributed by atoms with Gasteiger partial charge in [0.15, 0.2) is 5.65 Å². The zero-order valence-electron chi connectivity index (χ0n) is 24.3. The second-order valence-corrected chi connectivity index (χ2v) is 10.8. The maximum absolute atomic E-state index is 12.5. The number of hydrogen-bond donors (Lipinski definition) is 2. The summed E-state index contributed by atoms with van der Waals surface area (Å²) in [6.07, 6.45) is 17.7. The lowest BCUT2D eigenvalue weighted by Crippen LogP contribution is -2.39. The number of aryl methyl sites for hydroxylation is 1. The molecule has 2 aromatic heterocycles. The molecule has 1 unspecified atom stereocenters. The van der Waals surface area contributed by atoms with Gasteiger partial charge >= 0.3 is 11.9 Å². The van der Waals surface area contributed by atoms with E-state index in [-0.39, 0.29) is 24.4 Å². The fourth-order valence-corrected chi connectivity index (χ4v) is 4.40. The van der Waals surface area contributed by atoms with Crippen LogP contribution in [-0.2, 0) is 25.6 Å². The number of carbonyl (C=O) groups excluding carboxylic acids is 2. The number of aromatic nitrogens is 4. The molecule has 0 radical (unpaired) electrons. The average Bonchev–Trinajstić information content (AvgIpc) is 3.31. The minimum Gasteiger partial charge on any atom is -0.466 e. The Labute approximate surface area is 233 Å². The van der Waals surface area contributed by atoms with Crippen LogP contribution in [0.4, 0.5) is 5.95 Å². The van der Waals surface area contributed by atoms with Crippen LogP contribution in [0.1, 0.15) is 111 Å². The van der Waals surface area contributed by atoms with Gasteiger partial charge in [-0.1, -0.05) is 85.0 Å². The van der Waals surface area contributed by atoms with Crippen LogP contribution in [0.25, 0.3) is 11.2 Å². The third kappa shape index (κ3) is 12.8. The fraction of sp³-hybridized carbons (Fsp3) is 0.759. The van der Waals surface area contributed by atoms with Crippen molar-refractivity contribution < 1.29 is 19.1 Å². The molecule has 0 saturated heterocycles. The zero-order chi connectivity index (χ0) is 28.5. The summed E-state index contributed by atoms with van der Waals surface area (Å²) in [4.78, 5) is 37.3. The monoisotopic (exact) mass is 546 g/mol. The summed E-state index contributed by atoms with van der Waals surface area (Å²) in [5.74, 6) is -0.536. The Hall–Kier alpha value is -2.75. The molecule has 39 heavy (non-hydrogen) atoms. The van der Waals surface area contributed by atoms with Gasteiger partial charge in [-0.25, -0.2) is 9.97 Å². The summed E-state index contributed by atoms with van der Waals surface area (Å²) in [7, 11) is 0. The molecular formula is C29H50N6O4. The summed E-state index contributed by atoms with van der Waals surface area (Å²) in [6, 6.07) is -0.710. The second-order valence-electron chi connectivity index (χ2n) is 10.8. The first-order valence-corrected chi connectivity index (χ1v) is 14.9. The first-order chi connectivity index (χ1) is 18.8. The van der Waals surface area contributed by atoms with Crippen LogP contribution < -0.4 is 11.5 Å². The fourth-order valence-electron chi connectivity index (χ4n) is 4.40. The molecule has 4 N–H and O–H groups in total. The number of nitrogens with two attached hydrogens (primary N) is 2. The largest absolute Gasteiger partial charge is 0.466 e. The molecule has 2 rings (SSSR count). The summed E-state index contributed by atoms with van der Waals surface area (Å²) in [5, 5.41) is 0. The van der Waals surface area contributed by atoms with E-state index in [0.29, 0.717) is 37.0 Å². The van der Waals surface area contributed by atoms with E-state index in [1.807, 2.05) is 18.4 Å². The lowest BCUT2D eigenvalue weighted by atomic mass is 10.1. The molecule has 2 aromatic rings. The van der Waals surface area contributed by atoms with Gasteiger partial charge in [0.05, 0.1) is 19.1 Å². The molecule has 0 aliphatic heterocycles. The van der Waals surface area contributed by atoms with Gasteiger partial charge in [-0.15, -0.1) is 0 Å². The minimum absolute atomic E-state index is 0.0426. The summed E-state index contributed by atoms with van der Waals surface area (Å²) < 4.78 is 13.0. The van der Waals surface area contributed by atoms with Gasteiger partial charge in [0.2, 0.25) is 5.95 Å². The number of carbonyl (C=O) groups is 2. The third-order valence-corrected chi connectivity index (χ3v) is 7.03. The van der Waals surface area contributed by atoms with E-state index in [2.05, 4.69) is 21.9 Å². The van der Waals surface area contributed by atoms with Gasteiger partial charge in [-0.05, 0) is 12.3 Å². The number of anilines is 1. The minimum atomic E-state index is -0.710. The van der Waals surface area contributed by atoms with Crippen LogP contribution in [-0.4, -0.2) is 50.2 Å². The van der Waals surface area contributed by atoms with Gasteiger partial charge in [0.25, 0.3) is 0 Å². The second kappa shape index (κ2) is 18.5. The topological polar surface area (TPSA) is 148 Å². The van der Waals surface area contributed by atoms with E-state index in [4.69, 9.17) is 20.9 Å². The van der Waals surface area contributed by atoms with Crippen molar-refractivity contribution in [1.82, 2.24) is 19.5 Å². The summed E-state index contributed by atoms with van der Waals surface area (Å²) >= 11 is 0. The highest BCUT2D eigenvalue weighted by molar-refractivity contribution is 5.76. The van der Waals surface area contributed by atoms with Crippen molar-refractivity contribution >= 4 is 29.1 Å². The number of ether oxygens (including phenoxy) is 2. The van der Waals surface area contributed by atoms with Crippen molar-refractivity contribution in [2.75, 3.05) is 12.3 Å². The van der Waals surface area contributed by atoms with E-state index < -0.39 is 18.1 Å². The SMILES string of the molecule is CCCCCCCCCCCCCC(=O)OCCC(CCn1cnc2cnc(N)nc21)OC(=O)[C@@H](N)C(C)C. The third-order valence-electron chi connectivity index (χ3n) is 7.03. The van der Waals surface area contributed by atoms with Crippen LogP contribution in [0.2, 0.25) is 0 Å². The molecule has 0 bridgehead atoms. The van der Waals surface area contributed by atoms with Crippen molar-refractivity contribution in [2.45, 2.75) is 129 Å². The molecule has 0 amide bonds. The van der Waals surface area contributed by atoms with E-state index in [9.17, 15) is 9.59 Å². The molecule has 2 heterocycles. The maximum atomic E-state index is 12.5. The first kappa shape index (κ1) is 32.5. The summed E-state index contributed by atoms with van der Waals surface area (Å²) in [6.45, 7) is 6.67. The van der Waals surface area contributed by atoms with Crippen molar-refractivity contribution in [1.29, 1.82) is 0 Å². The van der Waals surface area contributed by atoms with Crippen molar-refractivity contribution in [2.24, 2.45) is 11.7 Å². The number of unbranched alkanes of at least 4 members (excludes halogenated alkanes) is 10. The van der Waals surface area contributed by atoms with Gasteiger partial charge in [0, 0.05) is 25.8 Å². The van der Waals surface area contributed by atoms with E-state index in [0.717, 1.165) is 19.3 Å². The Morgan fingerprint density at radius 2 is 1.59 bits per heavy atom. The molecule has 10 nitrogen and oxygen atoms in total. The molecule has 0 saturated carbocycles. The molecule has 0 spiro atoms. The van der Waals surface area contributed by atoms with Gasteiger partial charge < -0.3 is 25.5 Å². The molecule has 10 heteroatoms. The molecule has 0 fully saturated rings. The van der Waals surface area contributed by atoms with E-state index in [1.165, 1.54) is 51.4 Å². The van der Waals surface area contributed by atoms with Crippen LogP contribution in [0, 0.1) is 5.92 Å². The standard InChI is InChI=1S/C29H50N6O4/c1-4-5-6-7-8-9-10-11-12-13-14-15-25(36)38-19-17-23(39-28(37)26(30)22(2)3)16-18-35-21-33-24-20-32-29(31)34-27(24)35/h20-23,26H,4-19,30H2,1-3H3,(H2,31,32,34)/t23?,26-/m0/s1. The Morgan fingerprint density at radius 3 is 2.23 bits per heavy atom. The highest BCUT2D eigenvalue weighted by Crippen LogP contribution is 2.16. The van der Waals surface area contributed by atoms with Crippen LogP contribution >= 0.6 is 0 Å². The molecular weight excluding hydrogens is 496 g/mol. The number of rotatable bonds is 21. The number of fused-ring (bicyclic) bond motifs is 1. The predicted octanol–water partition coefficient (Wildman–Crippen LogP) is 5.33. The van der Waals surface area contributed by atoms with Crippen molar-refractivity contribution in [3.8, 4) is 0 Å². The molecule has 220 valence electrons. The van der Waals surface area contributed by atoms with Crippen molar-refractivity contribution in [3.63, 3.8) is 0 Å². The zero-order valence-corrected chi connectivity index (χ0v) is 24.3. The number of esters is 2. The highest BCUT2D eigenvalue weighted by atomic mass is 16.6. The molecule has 0 aliphatic carbocycles. The normalized spacial score (nSPS) is 13.1. The highest BCUT2D eigenvalue weighted by Gasteiger charge is 2.23. The smallest absolute Gasteiger partial charge is 0.323 e. The van der Waals surface area contributed by atoms with Crippen molar-refractivity contribution in [3.05, 3.63) is 12.5 Å². The Kier molecular flexibility index (Phi) is 15.4. The first-order valence-electron chi connectivity index (χ1n) is 14.9. The Bertz CT molecular complexity index is 980. The quantitative estimate of drug-likeness (QED) is 0.156. The molecule has 2 atom stereocenters. The number of nitrogens with zero attached hydrogens (tertiary/aromatic N) is 4. The maximum Gasteiger partial charge on any atom is 0.323 e. The average molecular weight is 547 g/mol. The molecule has 0 aliphatic rings. The van der Waals surface area contributed by atoms with Crippen LogP contribution in [0.5, 0.6) is 0 Å². The van der Waals surface area contributed by atoms with Gasteiger partial charge in [-0.3, -0.25) is 9.59 Å². The van der Waals surface area contributed by atoms with Gasteiger partial charge in [0.1, 0.15) is 17.7 Å². The number of hydrogen-bond acceptors (Lipinski definition) is 9. The van der Waals surface area contributed by atoms with Crippen LogP contribution in [0.15, 0.2) is 12.5 Å². The molecule has 0 aromatic carbocycles. The Balaban J connectivity index is 1.71. The summed E-state index contributed by atoms with van der Waals surface area (Å²) in [5.41, 5.74) is 13.0. The van der Waals surface area contributed by atoms with E-state index >= 15 is 0 Å². The lowest BCUT2D eigenvalue weighted by molar-refractivity contribution is -0.154. The number of imidazole rings is 1. The Morgan fingerprint density at radius 1 is 0.949 bits per heavy atom. The lowest BCUT2D eigenvalue weighted by Gasteiger charge is -2.22.